The summed E-state index contributed by atoms with van der Waals surface area (Å²) < 4.78 is 1.02. The fourth-order valence-corrected chi connectivity index (χ4v) is 2.55. The zero-order chi connectivity index (χ0) is 10.1. The molecule has 0 fully saturated rings. The first-order valence-electron chi connectivity index (χ1n) is 4.08. The summed E-state index contributed by atoms with van der Waals surface area (Å²) in [6.45, 7) is 0. The van der Waals surface area contributed by atoms with E-state index in [1.165, 1.54) is 11.3 Å². The summed E-state index contributed by atoms with van der Waals surface area (Å²) in [6, 6.07) is 5.77. The van der Waals surface area contributed by atoms with Crippen molar-refractivity contribution in [1.29, 1.82) is 0 Å². The smallest absolute Gasteiger partial charge is 0.153 e. The molecule has 2 aromatic rings. The number of nitrogen functional groups attached to an aromatic ring is 1. The van der Waals surface area contributed by atoms with E-state index < -0.39 is 0 Å². The summed E-state index contributed by atoms with van der Waals surface area (Å²) in [5, 5.41) is 1.48. The Balaban J connectivity index is 2.74. The maximum atomic E-state index is 10.8. The highest BCUT2D eigenvalue weighted by molar-refractivity contribution is 7.23. The van der Waals surface area contributed by atoms with Crippen LogP contribution in [0, 0.1) is 0 Å². The molecule has 72 valence electrons. The Kier molecular flexibility index (Phi) is 2.44. The van der Waals surface area contributed by atoms with Crippen molar-refractivity contribution in [3.05, 3.63) is 29.3 Å². The second kappa shape index (κ2) is 3.59. The van der Waals surface area contributed by atoms with Crippen molar-refractivity contribution in [3.8, 4) is 0 Å². The molecule has 0 amide bonds. The van der Waals surface area contributed by atoms with Gasteiger partial charge in [0.25, 0.3) is 0 Å². The minimum atomic E-state index is 0.476. The van der Waals surface area contributed by atoms with Gasteiger partial charge in [0.1, 0.15) is 0 Å². The van der Waals surface area contributed by atoms with Crippen LogP contribution in [0.4, 0.5) is 5.00 Å². The molecule has 0 aliphatic carbocycles. The summed E-state index contributed by atoms with van der Waals surface area (Å²) in [6.07, 6.45) is 0.800. The second-order valence-corrected chi connectivity index (χ2v) is 4.31. The number of fused-ring (bicyclic) bond motifs is 1. The molecule has 0 saturated carbocycles. The molecule has 4 heteroatoms. The predicted octanol–water partition coefficient (Wildman–Crippen LogP) is 3.03. The average molecular weight is 226 g/mol. The van der Waals surface area contributed by atoms with E-state index in [-0.39, 0.29) is 0 Å². The Morgan fingerprint density at radius 3 is 2.93 bits per heavy atom. The van der Waals surface area contributed by atoms with Gasteiger partial charge in [-0.15, -0.1) is 22.9 Å². The van der Waals surface area contributed by atoms with Crippen LogP contribution in [0.1, 0.15) is 15.9 Å². The van der Waals surface area contributed by atoms with E-state index in [4.69, 9.17) is 17.3 Å². The third kappa shape index (κ3) is 1.38. The number of alkyl halides is 1. The minimum absolute atomic E-state index is 0.476. The van der Waals surface area contributed by atoms with Crippen LogP contribution in [-0.2, 0) is 5.88 Å². The van der Waals surface area contributed by atoms with Crippen LogP contribution in [-0.4, -0.2) is 6.29 Å². The first-order chi connectivity index (χ1) is 6.76. The van der Waals surface area contributed by atoms with E-state index in [1.54, 1.807) is 0 Å². The van der Waals surface area contributed by atoms with Crippen LogP contribution in [0.15, 0.2) is 18.2 Å². The van der Waals surface area contributed by atoms with E-state index in [0.717, 1.165) is 21.9 Å². The molecule has 2 rings (SSSR count). The zero-order valence-corrected chi connectivity index (χ0v) is 8.86. The molecule has 1 aromatic carbocycles. The molecule has 1 aromatic heterocycles. The number of aldehydes is 1. The topological polar surface area (TPSA) is 43.1 Å². The first kappa shape index (κ1) is 9.49. The van der Waals surface area contributed by atoms with E-state index >= 15 is 0 Å². The fourth-order valence-electron chi connectivity index (χ4n) is 1.38. The number of nitrogens with two attached hydrogens (primary N) is 1. The zero-order valence-electron chi connectivity index (χ0n) is 7.29. The molecule has 0 atom stereocenters. The summed E-state index contributed by atoms with van der Waals surface area (Å²) in [7, 11) is 0. The van der Waals surface area contributed by atoms with Crippen LogP contribution < -0.4 is 5.73 Å². The van der Waals surface area contributed by atoms with Crippen LogP contribution in [0.5, 0.6) is 0 Å². The van der Waals surface area contributed by atoms with Crippen molar-refractivity contribution in [3.63, 3.8) is 0 Å². The standard InChI is InChI=1S/C10H8ClNOS/c11-4-6-1-2-7-8(5-13)10(12)14-9(7)3-6/h1-3,5H,4,12H2. The fraction of sp³-hybridized carbons (Fsp3) is 0.100. The van der Waals surface area contributed by atoms with Crippen LogP contribution in [0.25, 0.3) is 10.1 Å². The highest BCUT2D eigenvalue weighted by atomic mass is 35.5. The molecular formula is C10H8ClNOS. The molecule has 14 heavy (non-hydrogen) atoms. The molecule has 2 nitrogen and oxygen atoms in total. The van der Waals surface area contributed by atoms with Crippen LogP contribution in [0.2, 0.25) is 0 Å². The lowest BCUT2D eigenvalue weighted by molar-refractivity contribution is 0.112. The van der Waals surface area contributed by atoms with Gasteiger partial charge in [0.05, 0.1) is 10.6 Å². The van der Waals surface area contributed by atoms with Gasteiger partial charge in [0.15, 0.2) is 6.29 Å². The summed E-state index contributed by atoms with van der Waals surface area (Å²) >= 11 is 7.13. The molecule has 0 saturated heterocycles. The molecular weight excluding hydrogens is 218 g/mol. The Morgan fingerprint density at radius 2 is 2.29 bits per heavy atom. The van der Waals surface area contributed by atoms with Crippen molar-refractivity contribution >= 4 is 44.3 Å². The van der Waals surface area contributed by atoms with Gasteiger partial charge in [0, 0.05) is 16.0 Å². The Bertz CT molecular complexity index is 492. The highest BCUT2D eigenvalue weighted by Gasteiger charge is 2.08. The summed E-state index contributed by atoms with van der Waals surface area (Å²) in [5.41, 5.74) is 7.34. The van der Waals surface area contributed by atoms with E-state index in [1.807, 2.05) is 18.2 Å². The monoisotopic (exact) mass is 225 g/mol. The largest absolute Gasteiger partial charge is 0.390 e. The lowest BCUT2D eigenvalue weighted by Crippen LogP contribution is -1.85. The van der Waals surface area contributed by atoms with Gasteiger partial charge < -0.3 is 5.73 Å². The lowest BCUT2D eigenvalue weighted by Gasteiger charge is -1.94. The predicted molar refractivity (Wildman–Crippen MR) is 61.2 cm³/mol. The quantitative estimate of drug-likeness (QED) is 0.631. The van der Waals surface area contributed by atoms with E-state index in [9.17, 15) is 4.79 Å². The lowest BCUT2D eigenvalue weighted by atomic mass is 10.1. The van der Waals surface area contributed by atoms with Crippen LogP contribution in [0.3, 0.4) is 0 Å². The number of rotatable bonds is 2. The minimum Gasteiger partial charge on any atom is -0.390 e. The number of hydrogen-bond donors (Lipinski definition) is 1. The maximum absolute atomic E-state index is 10.8. The number of hydrogen-bond acceptors (Lipinski definition) is 3. The number of halogens is 1. The Morgan fingerprint density at radius 1 is 1.50 bits per heavy atom. The second-order valence-electron chi connectivity index (χ2n) is 2.96. The van der Waals surface area contributed by atoms with Gasteiger partial charge in [0.2, 0.25) is 0 Å². The average Bonchev–Trinajstić information content (AvgIpc) is 2.51. The van der Waals surface area contributed by atoms with Gasteiger partial charge in [-0.3, -0.25) is 4.79 Å². The maximum Gasteiger partial charge on any atom is 0.153 e. The van der Waals surface area contributed by atoms with Crippen molar-refractivity contribution in [2.75, 3.05) is 5.73 Å². The number of thiophene rings is 1. The van der Waals surface area contributed by atoms with Gasteiger partial charge in [-0.25, -0.2) is 0 Å². The number of carbonyl (C=O) groups excluding carboxylic acids is 1. The first-order valence-corrected chi connectivity index (χ1v) is 5.43. The van der Waals surface area contributed by atoms with Crippen molar-refractivity contribution < 1.29 is 4.79 Å². The van der Waals surface area contributed by atoms with Crippen molar-refractivity contribution in [2.24, 2.45) is 0 Å². The highest BCUT2D eigenvalue weighted by Crippen LogP contribution is 2.33. The summed E-state index contributed by atoms with van der Waals surface area (Å²) in [4.78, 5) is 10.8. The van der Waals surface area contributed by atoms with E-state index in [0.29, 0.717) is 16.4 Å². The molecule has 0 aliphatic heterocycles. The molecule has 0 bridgehead atoms. The Labute approximate surface area is 90.3 Å². The van der Waals surface area contributed by atoms with Crippen LogP contribution >= 0.6 is 22.9 Å². The molecule has 0 unspecified atom stereocenters. The number of carbonyl (C=O) groups is 1. The SMILES string of the molecule is Nc1sc2cc(CCl)ccc2c1C=O. The Hall–Kier alpha value is -1.06. The third-order valence-corrected chi connectivity index (χ3v) is 3.40. The van der Waals surface area contributed by atoms with Gasteiger partial charge in [-0.1, -0.05) is 12.1 Å². The van der Waals surface area contributed by atoms with Gasteiger partial charge in [-0.2, -0.15) is 0 Å². The molecule has 0 aliphatic rings. The van der Waals surface area contributed by atoms with E-state index in [2.05, 4.69) is 0 Å². The normalized spacial score (nSPS) is 10.6. The number of anilines is 1. The third-order valence-electron chi connectivity index (χ3n) is 2.09. The molecule has 0 radical (unpaired) electrons. The number of benzene rings is 1. The molecule has 2 N–H and O–H groups in total. The molecule has 0 spiro atoms. The van der Waals surface area contributed by atoms with Gasteiger partial charge in [-0.05, 0) is 11.6 Å². The summed E-state index contributed by atoms with van der Waals surface area (Å²) in [5.74, 6) is 0.476. The van der Waals surface area contributed by atoms with Crippen molar-refractivity contribution in [1.82, 2.24) is 0 Å². The molecule has 1 heterocycles. The van der Waals surface area contributed by atoms with Crippen molar-refractivity contribution in [2.45, 2.75) is 5.88 Å². The van der Waals surface area contributed by atoms with Gasteiger partial charge >= 0.3 is 0 Å².